The molecule has 0 N–H and O–H groups in total. The standard InChI is InChI=1S/C23H40O/c1-3-5-6-7-8-9-20-10-14-22(15-11-20)23-16-12-21(13-17-23)19-24-18-4-2/h4,8-9,20-23H,2-3,5-7,10-19H2,1H3/t20-,21-,22-,23-. The van der Waals surface area contributed by atoms with Crippen LogP contribution >= 0.6 is 0 Å². The Morgan fingerprint density at radius 3 is 2.21 bits per heavy atom. The molecule has 0 aromatic heterocycles. The molecule has 0 heterocycles. The highest BCUT2D eigenvalue weighted by molar-refractivity contribution is 4.92. The van der Waals surface area contributed by atoms with E-state index in [0.29, 0.717) is 0 Å². The third kappa shape index (κ3) is 7.13. The van der Waals surface area contributed by atoms with E-state index >= 15 is 0 Å². The van der Waals surface area contributed by atoms with Gasteiger partial charge in [0.2, 0.25) is 0 Å². The SMILES string of the molecule is C=CCOC[C@H]1CC[C@H]([C@H]2CC[C@H](C=CCCCCC)CC2)CC1. The lowest BCUT2D eigenvalue weighted by Gasteiger charge is -2.37. The van der Waals surface area contributed by atoms with Gasteiger partial charge in [-0.1, -0.05) is 38.0 Å². The molecule has 0 aromatic rings. The molecule has 1 nitrogen and oxygen atoms in total. The maximum atomic E-state index is 5.65. The summed E-state index contributed by atoms with van der Waals surface area (Å²) in [6, 6.07) is 0. The summed E-state index contributed by atoms with van der Waals surface area (Å²) in [7, 11) is 0. The van der Waals surface area contributed by atoms with Crippen molar-refractivity contribution in [2.24, 2.45) is 23.7 Å². The van der Waals surface area contributed by atoms with Crippen LogP contribution in [0.15, 0.2) is 24.8 Å². The van der Waals surface area contributed by atoms with E-state index in [1.54, 1.807) is 0 Å². The summed E-state index contributed by atoms with van der Waals surface area (Å²) in [4.78, 5) is 0. The van der Waals surface area contributed by atoms with Crippen molar-refractivity contribution in [3.8, 4) is 0 Å². The van der Waals surface area contributed by atoms with Crippen molar-refractivity contribution in [1.82, 2.24) is 0 Å². The number of rotatable bonds is 10. The van der Waals surface area contributed by atoms with Crippen LogP contribution in [0.5, 0.6) is 0 Å². The van der Waals surface area contributed by atoms with Gasteiger partial charge in [-0.05, 0) is 87.9 Å². The predicted octanol–water partition coefficient (Wildman–Crippen LogP) is 6.94. The lowest BCUT2D eigenvalue weighted by molar-refractivity contribution is 0.0800. The zero-order valence-corrected chi connectivity index (χ0v) is 16.1. The Hall–Kier alpha value is -0.560. The quantitative estimate of drug-likeness (QED) is 0.311. The van der Waals surface area contributed by atoms with Gasteiger partial charge in [0, 0.05) is 6.61 Å². The summed E-state index contributed by atoms with van der Waals surface area (Å²) in [5, 5.41) is 0. The van der Waals surface area contributed by atoms with Crippen LogP contribution in [0.4, 0.5) is 0 Å². The first kappa shape index (κ1) is 19.8. The molecule has 1 heteroatoms. The largest absolute Gasteiger partial charge is 0.377 e. The lowest BCUT2D eigenvalue weighted by Crippen LogP contribution is -2.26. The van der Waals surface area contributed by atoms with Gasteiger partial charge in [-0.3, -0.25) is 0 Å². The van der Waals surface area contributed by atoms with E-state index in [1.165, 1.54) is 77.0 Å². The molecule has 0 atom stereocenters. The van der Waals surface area contributed by atoms with Crippen LogP contribution in [-0.2, 0) is 4.74 Å². The maximum Gasteiger partial charge on any atom is 0.0644 e. The average molecular weight is 333 g/mol. The molecule has 0 saturated heterocycles. The molecule has 0 radical (unpaired) electrons. The average Bonchev–Trinajstić information content (AvgIpc) is 2.63. The normalized spacial score (nSPS) is 31.4. The van der Waals surface area contributed by atoms with E-state index in [4.69, 9.17) is 4.74 Å². The minimum atomic E-state index is 0.718. The molecular formula is C23H40O. The van der Waals surface area contributed by atoms with Crippen LogP contribution in [0.2, 0.25) is 0 Å². The Kier molecular flexibility index (Phi) is 9.80. The minimum Gasteiger partial charge on any atom is -0.377 e. The molecule has 0 aromatic carbocycles. The first-order chi connectivity index (χ1) is 11.8. The van der Waals surface area contributed by atoms with Gasteiger partial charge in [-0.2, -0.15) is 0 Å². The van der Waals surface area contributed by atoms with E-state index in [1.807, 2.05) is 6.08 Å². The highest BCUT2D eigenvalue weighted by Crippen LogP contribution is 2.41. The van der Waals surface area contributed by atoms with E-state index < -0.39 is 0 Å². The molecule has 0 bridgehead atoms. The minimum absolute atomic E-state index is 0.718. The number of hydrogen-bond donors (Lipinski definition) is 0. The van der Waals surface area contributed by atoms with Crippen molar-refractivity contribution in [3.05, 3.63) is 24.8 Å². The molecule has 0 amide bonds. The molecule has 0 unspecified atom stereocenters. The lowest BCUT2D eigenvalue weighted by atomic mass is 9.69. The zero-order valence-electron chi connectivity index (χ0n) is 16.1. The fourth-order valence-corrected chi connectivity index (χ4v) is 4.75. The van der Waals surface area contributed by atoms with Crippen LogP contribution in [0.3, 0.4) is 0 Å². The molecule has 2 fully saturated rings. The Morgan fingerprint density at radius 2 is 1.58 bits per heavy atom. The topological polar surface area (TPSA) is 9.23 Å². The van der Waals surface area contributed by atoms with Gasteiger partial charge in [0.1, 0.15) is 0 Å². The number of unbranched alkanes of at least 4 members (excludes halogenated alkanes) is 3. The van der Waals surface area contributed by atoms with E-state index in [0.717, 1.165) is 36.9 Å². The van der Waals surface area contributed by atoms with E-state index in [9.17, 15) is 0 Å². The van der Waals surface area contributed by atoms with Gasteiger partial charge in [0.05, 0.1) is 6.61 Å². The van der Waals surface area contributed by atoms with Gasteiger partial charge in [0.15, 0.2) is 0 Å². The Morgan fingerprint density at radius 1 is 0.917 bits per heavy atom. The monoisotopic (exact) mass is 332 g/mol. The van der Waals surface area contributed by atoms with Crippen LogP contribution < -0.4 is 0 Å². The van der Waals surface area contributed by atoms with Gasteiger partial charge in [-0.15, -0.1) is 6.58 Å². The van der Waals surface area contributed by atoms with Crippen LogP contribution in [-0.4, -0.2) is 13.2 Å². The molecule has 0 aliphatic heterocycles. The summed E-state index contributed by atoms with van der Waals surface area (Å²) in [5.74, 6) is 3.72. The molecule has 24 heavy (non-hydrogen) atoms. The Bertz CT molecular complexity index is 343. The first-order valence-electron chi connectivity index (χ1n) is 10.7. The predicted molar refractivity (Wildman–Crippen MR) is 105 cm³/mol. The van der Waals surface area contributed by atoms with Crippen LogP contribution in [0, 0.1) is 23.7 Å². The first-order valence-corrected chi connectivity index (χ1v) is 10.7. The maximum absolute atomic E-state index is 5.65. The number of ether oxygens (including phenoxy) is 1. The summed E-state index contributed by atoms with van der Waals surface area (Å²) in [6.45, 7) is 7.68. The van der Waals surface area contributed by atoms with Gasteiger partial charge < -0.3 is 4.74 Å². The smallest absolute Gasteiger partial charge is 0.0644 e. The Balaban J connectivity index is 1.58. The molecule has 2 saturated carbocycles. The molecule has 138 valence electrons. The van der Waals surface area contributed by atoms with Crippen LogP contribution in [0.25, 0.3) is 0 Å². The van der Waals surface area contributed by atoms with Gasteiger partial charge in [0.25, 0.3) is 0 Å². The second kappa shape index (κ2) is 11.9. The Labute approximate surface area is 150 Å². The van der Waals surface area contributed by atoms with E-state index in [2.05, 4.69) is 25.7 Å². The second-order valence-electron chi connectivity index (χ2n) is 8.21. The summed E-state index contributed by atoms with van der Waals surface area (Å²) in [6.07, 6.45) is 23.8. The third-order valence-corrected chi connectivity index (χ3v) is 6.35. The molecule has 2 rings (SSSR count). The third-order valence-electron chi connectivity index (χ3n) is 6.35. The highest BCUT2D eigenvalue weighted by atomic mass is 16.5. The van der Waals surface area contributed by atoms with Crippen molar-refractivity contribution in [2.75, 3.05) is 13.2 Å². The fourth-order valence-electron chi connectivity index (χ4n) is 4.75. The number of allylic oxidation sites excluding steroid dienone is 2. The molecule has 2 aliphatic rings. The zero-order chi connectivity index (χ0) is 17.0. The highest BCUT2D eigenvalue weighted by Gasteiger charge is 2.30. The summed E-state index contributed by atoms with van der Waals surface area (Å²) in [5.41, 5.74) is 0. The fraction of sp³-hybridized carbons (Fsp3) is 0.826. The van der Waals surface area contributed by atoms with Crippen LogP contribution in [0.1, 0.15) is 84.0 Å². The van der Waals surface area contributed by atoms with Crippen molar-refractivity contribution in [2.45, 2.75) is 84.0 Å². The number of hydrogen-bond acceptors (Lipinski definition) is 1. The van der Waals surface area contributed by atoms with Gasteiger partial charge >= 0.3 is 0 Å². The molecule has 2 aliphatic carbocycles. The van der Waals surface area contributed by atoms with Crippen molar-refractivity contribution >= 4 is 0 Å². The van der Waals surface area contributed by atoms with Crippen molar-refractivity contribution < 1.29 is 4.74 Å². The van der Waals surface area contributed by atoms with Gasteiger partial charge in [-0.25, -0.2) is 0 Å². The summed E-state index contributed by atoms with van der Waals surface area (Å²) < 4.78 is 5.65. The van der Waals surface area contributed by atoms with E-state index in [-0.39, 0.29) is 0 Å². The molecular weight excluding hydrogens is 292 g/mol. The van der Waals surface area contributed by atoms with Crippen molar-refractivity contribution in [1.29, 1.82) is 0 Å². The second-order valence-corrected chi connectivity index (χ2v) is 8.21. The molecule has 0 spiro atoms. The van der Waals surface area contributed by atoms with Crippen molar-refractivity contribution in [3.63, 3.8) is 0 Å². The summed E-state index contributed by atoms with van der Waals surface area (Å²) >= 11 is 0.